The fourth-order valence-electron chi connectivity index (χ4n) is 3.39. The highest BCUT2D eigenvalue weighted by Crippen LogP contribution is 2.36. The molecule has 0 spiro atoms. The van der Waals surface area contributed by atoms with E-state index in [2.05, 4.69) is 29.3 Å². The van der Waals surface area contributed by atoms with E-state index >= 15 is 0 Å². The lowest BCUT2D eigenvalue weighted by atomic mass is 10.2. The van der Waals surface area contributed by atoms with Crippen molar-refractivity contribution in [3.05, 3.63) is 32.3 Å². The van der Waals surface area contributed by atoms with Crippen molar-refractivity contribution in [2.45, 2.75) is 31.8 Å². The first-order valence-corrected chi connectivity index (χ1v) is 11.3. The number of nitrogens with two attached hydrogens (primary N) is 2. The van der Waals surface area contributed by atoms with Gasteiger partial charge in [0.15, 0.2) is 0 Å². The molecule has 0 bridgehead atoms. The minimum atomic E-state index is -5.64. The number of hydrogen-bond donors (Lipinski definition) is 3. The molecule has 0 atom stereocenters. The molecule has 1 fully saturated rings. The number of aromatic nitrogens is 2. The molecule has 5 N–H and O–H groups in total. The molecule has 0 unspecified atom stereocenters. The van der Waals surface area contributed by atoms with Gasteiger partial charge in [0, 0.05) is 25.3 Å². The smallest absolute Gasteiger partial charge is 0.424 e. The Morgan fingerprint density at radius 1 is 1.19 bits per heavy atom. The number of nitrogens with zero attached hydrogens (tertiary/aromatic N) is 5. The third kappa shape index (κ3) is 4.86. The highest BCUT2D eigenvalue weighted by Gasteiger charge is 2.46. The number of halogens is 3. The summed E-state index contributed by atoms with van der Waals surface area (Å²) >= 11 is 0. The fourth-order valence-corrected chi connectivity index (χ4v) is 3.96. The molecule has 0 aliphatic carbocycles. The first-order valence-electron chi connectivity index (χ1n) is 9.86. The second-order valence-corrected chi connectivity index (χ2v) is 8.66. The Labute approximate surface area is 184 Å². The van der Waals surface area contributed by atoms with Crippen LogP contribution in [0.4, 0.5) is 47.8 Å². The lowest BCUT2D eigenvalue weighted by molar-refractivity contribution is -0.547. The summed E-state index contributed by atoms with van der Waals surface area (Å²) in [7, 11) is 1.79. The van der Waals surface area contributed by atoms with Crippen LogP contribution in [0.25, 0.3) is 0 Å². The van der Waals surface area contributed by atoms with E-state index in [0.29, 0.717) is 23.9 Å². The highest BCUT2D eigenvalue weighted by atomic mass is 32.2. The molecule has 0 saturated carbocycles. The second kappa shape index (κ2) is 9.42. The third-order valence-corrected chi connectivity index (χ3v) is 6.06. The number of quaternary nitrogens is 2. The van der Waals surface area contributed by atoms with Crippen LogP contribution in [0.15, 0.2) is 28.4 Å². The van der Waals surface area contributed by atoms with Crippen LogP contribution in [0, 0.1) is 14.1 Å². The lowest BCUT2D eigenvalue weighted by Gasteiger charge is -2.20. The minimum absolute atomic E-state index is 0.0771. The fraction of sp³-hybridized carbons (Fsp3) is 0.389. The van der Waals surface area contributed by atoms with Crippen LogP contribution in [-0.4, -0.2) is 36.6 Å². The van der Waals surface area contributed by atoms with Gasteiger partial charge in [-0.05, 0) is 38.0 Å². The number of alkyl halides is 3. The third-order valence-electron chi connectivity index (χ3n) is 4.97. The molecule has 1 aromatic carbocycles. The maximum Gasteiger partial charge on any atom is 0.516 e. The Morgan fingerprint density at radius 2 is 1.88 bits per heavy atom. The van der Waals surface area contributed by atoms with Crippen molar-refractivity contribution < 1.29 is 32.2 Å². The van der Waals surface area contributed by atoms with Gasteiger partial charge in [-0.2, -0.15) is 26.6 Å². The molecule has 14 heteroatoms. The van der Waals surface area contributed by atoms with E-state index in [1.165, 1.54) is 17.4 Å². The van der Waals surface area contributed by atoms with E-state index in [9.17, 15) is 21.6 Å². The Bertz CT molecular complexity index is 1090. The molecular formula is C18H25F3N8O2S. The van der Waals surface area contributed by atoms with Crippen molar-refractivity contribution in [3.8, 4) is 0 Å². The van der Waals surface area contributed by atoms with E-state index in [-0.39, 0.29) is 17.3 Å². The number of anilines is 2. The van der Waals surface area contributed by atoms with Crippen molar-refractivity contribution in [2.75, 3.05) is 22.7 Å². The number of imidazole rings is 1. The summed E-state index contributed by atoms with van der Waals surface area (Å²) in [5.41, 5.74) is -5.27. The van der Waals surface area contributed by atoms with Gasteiger partial charge in [-0.1, -0.05) is 0 Å². The summed E-state index contributed by atoms with van der Waals surface area (Å²) in [6, 6.07) is 4.43. The Kier molecular flexibility index (Phi) is 7.05. The molecule has 2 heterocycles. The van der Waals surface area contributed by atoms with Gasteiger partial charge in [-0.3, -0.25) is 9.29 Å². The SMILES string of the molecule is [CH2-][NH2+]c1nc(N=Nc2ccc(N3CCCC3)cc2NS(=O)(=O)C(F)(F)F)n(CC)c1[NH2+][CH2-]. The first kappa shape index (κ1) is 23.9. The Hall–Kier alpha value is -2.71. The monoisotopic (exact) mass is 474 g/mol. The maximum atomic E-state index is 13.0. The Balaban J connectivity index is 2.03. The number of benzene rings is 1. The molecule has 10 nitrogen and oxygen atoms in total. The maximum absolute atomic E-state index is 13.0. The topological polar surface area (TPSA) is 125 Å². The van der Waals surface area contributed by atoms with Crippen LogP contribution in [-0.2, 0) is 16.6 Å². The van der Waals surface area contributed by atoms with Gasteiger partial charge in [-0.15, -0.1) is 24.3 Å². The van der Waals surface area contributed by atoms with Crippen molar-refractivity contribution in [1.29, 1.82) is 0 Å². The summed E-state index contributed by atoms with van der Waals surface area (Å²) in [6.45, 7) is 3.80. The molecule has 1 aliphatic rings. The van der Waals surface area contributed by atoms with Gasteiger partial charge in [0.25, 0.3) is 17.6 Å². The quantitative estimate of drug-likeness (QED) is 0.400. The number of nitrogens with one attached hydrogen (secondary N) is 1. The van der Waals surface area contributed by atoms with Crippen LogP contribution in [0.5, 0.6) is 0 Å². The van der Waals surface area contributed by atoms with Crippen molar-refractivity contribution in [1.82, 2.24) is 9.55 Å². The first-order chi connectivity index (χ1) is 15.1. The van der Waals surface area contributed by atoms with Gasteiger partial charge in [0.2, 0.25) is 0 Å². The van der Waals surface area contributed by atoms with E-state index < -0.39 is 15.5 Å². The summed E-state index contributed by atoms with van der Waals surface area (Å²) in [4.78, 5) is 6.26. The number of sulfonamides is 1. The van der Waals surface area contributed by atoms with Gasteiger partial charge in [0.05, 0.1) is 5.69 Å². The normalized spacial score (nSPS) is 15.1. The zero-order chi connectivity index (χ0) is 23.5. The van der Waals surface area contributed by atoms with Crippen LogP contribution in [0.3, 0.4) is 0 Å². The average molecular weight is 475 g/mol. The van der Waals surface area contributed by atoms with Gasteiger partial charge in [0.1, 0.15) is 5.69 Å². The molecule has 1 aliphatic heterocycles. The molecular weight excluding hydrogens is 449 g/mol. The molecule has 0 amide bonds. The van der Waals surface area contributed by atoms with Gasteiger partial charge in [-0.25, -0.2) is 0 Å². The summed E-state index contributed by atoms with van der Waals surface area (Å²) in [6.07, 6.45) is 1.89. The standard InChI is InChI=1S/C18H25F3N8O2S/c1-4-29-16(23-3)15(22-2)24-17(29)26-25-13-8-7-12(28-9-5-6-10-28)11-14(13)27-32(30,31)18(19,20)21/h7-8,11,27H,2-6,9-10,22-23H2,1H3. The molecule has 0 radical (unpaired) electrons. The zero-order valence-corrected chi connectivity index (χ0v) is 18.2. The predicted molar refractivity (Wildman–Crippen MR) is 112 cm³/mol. The molecule has 32 heavy (non-hydrogen) atoms. The number of rotatable bonds is 8. The molecule has 3 rings (SSSR count). The molecule has 1 aromatic heterocycles. The largest absolute Gasteiger partial charge is 0.516 e. The van der Waals surface area contributed by atoms with Crippen LogP contribution < -0.4 is 20.3 Å². The zero-order valence-electron chi connectivity index (χ0n) is 17.4. The lowest BCUT2D eigenvalue weighted by Crippen LogP contribution is -2.77. The minimum Gasteiger partial charge on any atom is -0.424 e. The Morgan fingerprint density at radius 3 is 2.44 bits per heavy atom. The molecule has 1 saturated heterocycles. The number of azo groups is 1. The molecule has 2 aromatic rings. The van der Waals surface area contributed by atoms with Crippen LogP contribution in [0.2, 0.25) is 0 Å². The van der Waals surface area contributed by atoms with Crippen molar-refractivity contribution >= 4 is 44.7 Å². The van der Waals surface area contributed by atoms with Crippen molar-refractivity contribution in [3.63, 3.8) is 0 Å². The van der Waals surface area contributed by atoms with Gasteiger partial charge >= 0.3 is 15.5 Å². The van der Waals surface area contributed by atoms with E-state index in [4.69, 9.17) is 0 Å². The second-order valence-electron chi connectivity index (χ2n) is 6.98. The summed E-state index contributed by atoms with van der Waals surface area (Å²) in [5, 5.41) is 11.2. The average Bonchev–Trinajstić information content (AvgIpc) is 3.39. The van der Waals surface area contributed by atoms with E-state index in [0.717, 1.165) is 25.9 Å². The molecule has 176 valence electrons. The highest BCUT2D eigenvalue weighted by molar-refractivity contribution is 7.93. The van der Waals surface area contributed by atoms with Gasteiger partial charge < -0.3 is 15.5 Å². The van der Waals surface area contributed by atoms with Crippen LogP contribution >= 0.6 is 0 Å². The number of hydrogen-bond acceptors (Lipinski definition) is 6. The summed E-state index contributed by atoms with van der Waals surface area (Å²) < 4.78 is 65.7. The van der Waals surface area contributed by atoms with Crippen molar-refractivity contribution in [2.24, 2.45) is 10.2 Å². The van der Waals surface area contributed by atoms with E-state index in [1.807, 2.05) is 11.8 Å². The van der Waals surface area contributed by atoms with E-state index in [1.54, 1.807) is 20.7 Å². The summed E-state index contributed by atoms with van der Waals surface area (Å²) in [5.74, 6) is 1.38. The van der Waals surface area contributed by atoms with Crippen LogP contribution in [0.1, 0.15) is 19.8 Å². The predicted octanol–water partition coefficient (Wildman–Crippen LogP) is 2.15.